The summed E-state index contributed by atoms with van der Waals surface area (Å²) < 4.78 is 41.3. The fraction of sp³-hybridized carbons (Fsp3) is 0.286. The number of nitrogens with zero attached hydrogens (tertiary/aromatic N) is 3. The molecule has 0 saturated carbocycles. The molecular weight excluding hydrogens is 413 g/mol. The van der Waals surface area contributed by atoms with E-state index in [4.69, 9.17) is 0 Å². The van der Waals surface area contributed by atoms with E-state index in [2.05, 4.69) is 15.5 Å². The number of hydrogen-bond donors (Lipinski definition) is 1. The highest BCUT2D eigenvalue weighted by atomic mass is 32.2. The molecule has 1 N–H and O–H groups in total. The molecule has 0 saturated heterocycles. The molecule has 0 bridgehead atoms. The predicted octanol–water partition coefficient (Wildman–Crippen LogP) is 4.93. The van der Waals surface area contributed by atoms with E-state index in [1.54, 1.807) is 18.5 Å². The molecule has 0 aliphatic rings. The third-order valence-electron chi connectivity index (χ3n) is 4.70. The van der Waals surface area contributed by atoms with E-state index >= 15 is 0 Å². The van der Waals surface area contributed by atoms with Gasteiger partial charge < -0.3 is 9.88 Å². The van der Waals surface area contributed by atoms with E-state index in [1.165, 1.54) is 35.0 Å². The van der Waals surface area contributed by atoms with Gasteiger partial charge in [-0.05, 0) is 37.1 Å². The summed E-state index contributed by atoms with van der Waals surface area (Å²) in [6.45, 7) is 3.70. The molecule has 0 aliphatic heterocycles. The van der Waals surface area contributed by atoms with Crippen molar-refractivity contribution < 1.29 is 18.0 Å². The van der Waals surface area contributed by atoms with Crippen molar-refractivity contribution in [2.45, 2.75) is 37.0 Å². The highest BCUT2D eigenvalue weighted by molar-refractivity contribution is 7.98. The van der Waals surface area contributed by atoms with Gasteiger partial charge in [-0.15, -0.1) is 10.2 Å². The fourth-order valence-corrected chi connectivity index (χ4v) is 4.00. The Morgan fingerprint density at radius 2 is 1.80 bits per heavy atom. The number of rotatable bonds is 6. The molecule has 1 heterocycles. The summed E-state index contributed by atoms with van der Waals surface area (Å²) >= 11 is 1.50. The van der Waals surface area contributed by atoms with Crippen molar-refractivity contribution in [1.82, 2.24) is 20.1 Å². The lowest BCUT2D eigenvalue weighted by Gasteiger charge is -2.16. The molecule has 2 aromatic carbocycles. The van der Waals surface area contributed by atoms with Gasteiger partial charge in [0.15, 0.2) is 11.0 Å². The van der Waals surface area contributed by atoms with Gasteiger partial charge in [-0.1, -0.05) is 48.2 Å². The normalized spacial score (nSPS) is 12.6. The Kier molecular flexibility index (Phi) is 6.50. The maximum Gasteiger partial charge on any atom is 0.417 e. The predicted molar refractivity (Wildman–Crippen MR) is 109 cm³/mol. The first-order chi connectivity index (χ1) is 14.2. The lowest BCUT2D eigenvalue weighted by molar-refractivity contribution is -0.137. The van der Waals surface area contributed by atoms with Crippen molar-refractivity contribution in [1.29, 1.82) is 0 Å². The van der Waals surface area contributed by atoms with E-state index < -0.39 is 29.3 Å². The van der Waals surface area contributed by atoms with Crippen LogP contribution in [0.3, 0.4) is 0 Å². The summed E-state index contributed by atoms with van der Waals surface area (Å²) in [7, 11) is 1.77. The number of hydrogen-bond acceptors (Lipinski definition) is 4. The van der Waals surface area contributed by atoms with E-state index in [-0.39, 0.29) is 0 Å². The summed E-state index contributed by atoms with van der Waals surface area (Å²) in [6.07, 6.45) is -4.61. The largest absolute Gasteiger partial charge is 0.417 e. The minimum atomic E-state index is -4.61. The van der Waals surface area contributed by atoms with Crippen LogP contribution in [-0.4, -0.2) is 20.7 Å². The van der Waals surface area contributed by atoms with Crippen LogP contribution >= 0.6 is 11.8 Å². The molecule has 1 aromatic heterocycles. The number of aryl methyl sites for hydroxylation is 1. The van der Waals surface area contributed by atoms with Gasteiger partial charge in [0.2, 0.25) is 0 Å². The van der Waals surface area contributed by atoms with Crippen LogP contribution in [0.1, 0.15) is 45.8 Å². The number of alkyl halides is 3. The molecule has 0 radical (unpaired) electrons. The third-order valence-corrected chi connectivity index (χ3v) is 5.77. The molecule has 9 heteroatoms. The second kappa shape index (κ2) is 8.91. The van der Waals surface area contributed by atoms with Crippen LogP contribution in [0.4, 0.5) is 13.2 Å². The van der Waals surface area contributed by atoms with Crippen LogP contribution in [0, 0.1) is 6.92 Å². The standard InChI is InChI=1S/C21H21F3N4OS/c1-13-8-4-5-9-15(13)12-30-20-27-26-18(28(20)3)14(2)25-19(29)16-10-6-7-11-17(16)21(22,23)24/h4-11,14H,12H2,1-3H3,(H,25,29)/t14-/m0/s1. The Balaban J connectivity index is 1.72. The number of thioether (sulfide) groups is 1. The number of amides is 1. The number of aromatic nitrogens is 3. The Hall–Kier alpha value is -2.81. The Bertz CT molecular complexity index is 1050. The topological polar surface area (TPSA) is 59.8 Å². The van der Waals surface area contributed by atoms with Crippen molar-refractivity contribution >= 4 is 17.7 Å². The molecular formula is C21H21F3N4OS. The summed E-state index contributed by atoms with van der Waals surface area (Å²) in [5.41, 5.74) is 0.962. The van der Waals surface area contributed by atoms with Gasteiger partial charge in [-0.3, -0.25) is 4.79 Å². The molecule has 0 aliphatic carbocycles. The summed E-state index contributed by atoms with van der Waals surface area (Å²) in [6, 6.07) is 12.1. The molecule has 1 atom stereocenters. The summed E-state index contributed by atoms with van der Waals surface area (Å²) in [4.78, 5) is 12.5. The molecule has 3 rings (SSSR count). The summed E-state index contributed by atoms with van der Waals surface area (Å²) in [5, 5.41) is 11.5. The lowest BCUT2D eigenvalue weighted by Crippen LogP contribution is -2.30. The third kappa shape index (κ3) is 4.84. The first-order valence-electron chi connectivity index (χ1n) is 9.22. The number of carbonyl (C=O) groups excluding carboxylic acids is 1. The smallest absolute Gasteiger partial charge is 0.342 e. The van der Waals surface area contributed by atoms with Crippen LogP contribution < -0.4 is 5.32 Å². The SMILES string of the molecule is Cc1ccccc1CSc1nnc([C@H](C)NC(=O)c2ccccc2C(F)(F)F)n1C. The lowest BCUT2D eigenvalue weighted by atomic mass is 10.1. The van der Waals surface area contributed by atoms with E-state index in [1.807, 2.05) is 31.2 Å². The van der Waals surface area contributed by atoms with Crippen molar-refractivity contribution in [2.24, 2.45) is 7.05 Å². The van der Waals surface area contributed by atoms with Crippen LogP contribution in [0.5, 0.6) is 0 Å². The second-order valence-electron chi connectivity index (χ2n) is 6.85. The minimum absolute atomic E-state index is 0.423. The number of benzene rings is 2. The van der Waals surface area contributed by atoms with Gasteiger partial charge in [-0.25, -0.2) is 0 Å². The van der Waals surface area contributed by atoms with Gasteiger partial charge in [0.05, 0.1) is 17.2 Å². The molecule has 158 valence electrons. The number of carbonyl (C=O) groups is 1. The van der Waals surface area contributed by atoms with Crippen molar-refractivity contribution in [3.8, 4) is 0 Å². The maximum absolute atomic E-state index is 13.2. The average molecular weight is 434 g/mol. The van der Waals surface area contributed by atoms with Gasteiger partial charge in [0.25, 0.3) is 5.91 Å². The monoisotopic (exact) mass is 434 g/mol. The molecule has 30 heavy (non-hydrogen) atoms. The van der Waals surface area contributed by atoms with E-state index in [9.17, 15) is 18.0 Å². The Morgan fingerprint density at radius 3 is 2.50 bits per heavy atom. The van der Waals surface area contributed by atoms with Crippen LogP contribution in [0.25, 0.3) is 0 Å². The molecule has 1 amide bonds. The van der Waals surface area contributed by atoms with Crippen LogP contribution in [0.2, 0.25) is 0 Å². The first kappa shape index (κ1) is 21.9. The Morgan fingerprint density at radius 1 is 1.13 bits per heavy atom. The first-order valence-corrected chi connectivity index (χ1v) is 10.2. The second-order valence-corrected chi connectivity index (χ2v) is 7.80. The number of halogens is 3. The zero-order chi connectivity index (χ0) is 21.9. The minimum Gasteiger partial charge on any atom is -0.342 e. The fourth-order valence-electron chi connectivity index (χ4n) is 3.01. The van der Waals surface area contributed by atoms with E-state index in [0.717, 1.165) is 12.1 Å². The average Bonchev–Trinajstić information content (AvgIpc) is 3.07. The van der Waals surface area contributed by atoms with Crippen LogP contribution in [0.15, 0.2) is 53.7 Å². The van der Waals surface area contributed by atoms with Gasteiger partial charge in [0.1, 0.15) is 0 Å². The summed E-state index contributed by atoms with van der Waals surface area (Å²) in [5.74, 6) is 0.353. The van der Waals surface area contributed by atoms with Crippen molar-refractivity contribution in [2.75, 3.05) is 0 Å². The molecule has 0 fully saturated rings. The molecule has 0 spiro atoms. The molecule has 5 nitrogen and oxygen atoms in total. The quantitative estimate of drug-likeness (QED) is 0.559. The Labute approximate surface area is 176 Å². The number of nitrogens with one attached hydrogen (secondary N) is 1. The highest BCUT2D eigenvalue weighted by Gasteiger charge is 2.35. The zero-order valence-electron chi connectivity index (χ0n) is 16.7. The van der Waals surface area contributed by atoms with Crippen molar-refractivity contribution in [3.05, 3.63) is 76.6 Å². The molecule has 3 aromatic rings. The van der Waals surface area contributed by atoms with Gasteiger partial charge >= 0.3 is 6.18 Å². The maximum atomic E-state index is 13.2. The van der Waals surface area contributed by atoms with Gasteiger partial charge in [-0.2, -0.15) is 13.2 Å². The van der Waals surface area contributed by atoms with Gasteiger partial charge in [0, 0.05) is 12.8 Å². The highest BCUT2D eigenvalue weighted by Crippen LogP contribution is 2.32. The zero-order valence-corrected chi connectivity index (χ0v) is 17.5. The van der Waals surface area contributed by atoms with Crippen LogP contribution in [-0.2, 0) is 19.0 Å². The van der Waals surface area contributed by atoms with Crippen molar-refractivity contribution in [3.63, 3.8) is 0 Å². The molecule has 0 unspecified atom stereocenters. The van der Waals surface area contributed by atoms with E-state index in [0.29, 0.717) is 16.7 Å².